The van der Waals surface area contributed by atoms with Crippen LogP contribution in [0.4, 0.5) is 0 Å². The molecule has 5 nitrogen and oxygen atoms in total. The van der Waals surface area contributed by atoms with Crippen LogP contribution in [-0.2, 0) is 16.0 Å². The molecule has 294 valence electrons. The van der Waals surface area contributed by atoms with E-state index in [1.165, 1.54) is 128 Å². The lowest BCUT2D eigenvalue weighted by molar-refractivity contribution is -0.0220. The van der Waals surface area contributed by atoms with Gasteiger partial charge in [-0.15, -0.1) is 0 Å². The Morgan fingerprint density at radius 2 is 1.08 bits per heavy atom. The van der Waals surface area contributed by atoms with Gasteiger partial charge in [0.2, 0.25) is 0 Å². The van der Waals surface area contributed by atoms with Crippen LogP contribution in [0.25, 0.3) is 0 Å². The first-order chi connectivity index (χ1) is 25.4. The Bertz CT molecular complexity index is 908. The molecule has 1 aromatic heterocycles. The number of rotatable bonds is 40. The lowest BCUT2D eigenvalue weighted by atomic mass is 10.1. The van der Waals surface area contributed by atoms with Crippen LogP contribution in [-0.4, -0.2) is 48.6 Å². The summed E-state index contributed by atoms with van der Waals surface area (Å²) in [5.74, 6) is 0. The highest BCUT2D eigenvalue weighted by Gasteiger charge is 2.09. The molecule has 1 atom stereocenters. The van der Waals surface area contributed by atoms with E-state index in [-0.39, 0.29) is 6.10 Å². The average molecular weight is 710 g/mol. The Labute approximate surface area is 317 Å². The van der Waals surface area contributed by atoms with Gasteiger partial charge in [0.05, 0.1) is 19.0 Å². The van der Waals surface area contributed by atoms with Crippen molar-refractivity contribution >= 4 is 0 Å². The molecule has 1 N–H and O–H groups in total. The van der Waals surface area contributed by atoms with E-state index in [2.05, 4.69) is 77.3 Å². The third kappa shape index (κ3) is 36.2. The van der Waals surface area contributed by atoms with Crippen LogP contribution in [0.5, 0.6) is 0 Å². The highest BCUT2D eigenvalue weighted by atomic mass is 16.5. The van der Waals surface area contributed by atoms with Crippen molar-refractivity contribution < 1.29 is 9.47 Å². The second-order valence-corrected chi connectivity index (χ2v) is 14.4. The van der Waals surface area contributed by atoms with Crippen LogP contribution in [0, 0.1) is 0 Å². The van der Waals surface area contributed by atoms with E-state index in [1.54, 1.807) is 0 Å². The molecule has 0 aromatic carbocycles. The average Bonchev–Trinajstić information content (AvgIpc) is 3.67. The van der Waals surface area contributed by atoms with E-state index in [0.29, 0.717) is 0 Å². The third-order valence-corrected chi connectivity index (χ3v) is 9.46. The van der Waals surface area contributed by atoms with Crippen molar-refractivity contribution in [3.8, 4) is 0 Å². The van der Waals surface area contributed by atoms with E-state index >= 15 is 0 Å². The second kappa shape index (κ2) is 40.8. The predicted molar refractivity (Wildman–Crippen MR) is 224 cm³/mol. The number of aryl methyl sites for hydroxylation is 1. The number of allylic oxidation sites excluding steroid dienone is 8. The number of nitrogens with zero attached hydrogens (tertiary/aromatic N) is 2. The molecule has 0 aliphatic carbocycles. The van der Waals surface area contributed by atoms with E-state index in [1.807, 2.05) is 18.7 Å². The fourth-order valence-corrected chi connectivity index (χ4v) is 6.16. The van der Waals surface area contributed by atoms with Gasteiger partial charge in [0.1, 0.15) is 0 Å². The molecule has 0 amide bonds. The summed E-state index contributed by atoms with van der Waals surface area (Å²) in [5, 5.41) is 3.61. The number of aromatic nitrogens is 2. The lowest BCUT2D eigenvalue weighted by Crippen LogP contribution is -2.27. The quantitative estimate of drug-likeness (QED) is 0.0544. The number of imidazole rings is 1. The van der Waals surface area contributed by atoms with E-state index in [9.17, 15) is 0 Å². The van der Waals surface area contributed by atoms with Gasteiger partial charge in [-0.3, -0.25) is 0 Å². The van der Waals surface area contributed by atoms with Gasteiger partial charge in [0, 0.05) is 32.2 Å². The fourth-order valence-electron chi connectivity index (χ4n) is 6.16. The molecule has 0 aliphatic heterocycles. The number of nitrogens with one attached hydrogen (secondary N) is 1. The summed E-state index contributed by atoms with van der Waals surface area (Å²) in [4.78, 5) is 4.13. The lowest BCUT2D eigenvalue weighted by Gasteiger charge is -2.19. The molecule has 1 heterocycles. The minimum absolute atomic E-state index is 0.189. The second-order valence-electron chi connectivity index (χ2n) is 14.4. The molecule has 0 saturated heterocycles. The zero-order valence-corrected chi connectivity index (χ0v) is 33.8. The maximum Gasteiger partial charge on any atom is 0.0945 e. The minimum Gasteiger partial charge on any atom is -0.379 e. The Morgan fingerprint density at radius 1 is 0.569 bits per heavy atom. The smallest absolute Gasteiger partial charge is 0.0945 e. The zero-order chi connectivity index (χ0) is 36.4. The summed E-state index contributed by atoms with van der Waals surface area (Å²) < 4.78 is 14.6. The van der Waals surface area contributed by atoms with Crippen molar-refractivity contribution in [2.45, 2.75) is 193 Å². The first-order valence-electron chi connectivity index (χ1n) is 21.8. The van der Waals surface area contributed by atoms with Gasteiger partial charge in [-0.1, -0.05) is 140 Å². The molecule has 0 aliphatic rings. The Kier molecular flexibility index (Phi) is 37.7. The summed E-state index contributed by atoms with van der Waals surface area (Å²) in [5.41, 5.74) is 0. The van der Waals surface area contributed by atoms with E-state index < -0.39 is 0 Å². The maximum absolute atomic E-state index is 6.36. The molecule has 0 spiro atoms. The molecule has 0 fully saturated rings. The fraction of sp³-hybridized carbons (Fsp3) is 0.761. The van der Waals surface area contributed by atoms with Crippen LogP contribution < -0.4 is 5.32 Å². The number of unbranched alkanes of at least 4 members (excludes halogenated alkanes) is 18. The molecule has 0 saturated carbocycles. The SMILES string of the molecule is CCCCC/C=C\C/C=C\CCCCCCCCOCC(CCNCCCn1ccnc1)OCCCCCCCC/C=C\C/C=C\CCCCC. The zero-order valence-electron chi connectivity index (χ0n) is 33.8. The number of ether oxygens (including phenoxy) is 2. The van der Waals surface area contributed by atoms with Crippen LogP contribution in [0.2, 0.25) is 0 Å². The maximum atomic E-state index is 6.36. The van der Waals surface area contributed by atoms with E-state index in [4.69, 9.17) is 9.47 Å². The van der Waals surface area contributed by atoms with Crippen molar-refractivity contribution in [3.63, 3.8) is 0 Å². The van der Waals surface area contributed by atoms with Gasteiger partial charge in [0.15, 0.2) is 0 Å². The van der Waals surface area contributed by atoms with Crippen molar-refractivity contribution in [3.05, 3.63) is 67.3 Å². The molecule has 1 aromatic rings. The van der Waals surface area contributed by atoms with Crippen molar-refractivity contribution in [1.29, 1.82) is 0 Å². The highest BCUT2D eigenvalue weighted by molar-refractivity contribution is 4.93. The molecule has 0 radical (unpaired) electrons. The van der Waals surface area contributed by atoms with Crippen molar-refractivity contribution in [2.24, 2.45) is 0 Å². The molecular formula is C46H83N3O2. The number of hydrogen-bond acceptors (Lipinski definition) is 4. The van der Waals surface area contributed by atoms with Gasteiger partial charge >= 0.3 is 0 Å². The molecule has 51 heavy (non-hydrogen) atoms. The first kappa shape index (κ1) is 47.1. The Hall–Kier alpha value is -1.95. The predicted octanol–water partition coefficient (Wildman–Crippen LogP) is 13.3. The molecule has 0 bridgehead atoms. The Morgan fingerprint density at radius 3 is 1.61 bits per heavy atom. The van der Waals surface area contributed by atoms with Crippen molar-refractivity contribution in [1.82, 2.24) is 14.9 Å². The molecule has 5 heteroatoms. The molecule has 1 rings (SSSR count). The highest BCUT2D eigenvalue weighted by Crippen LogP contribution is 2.11. The van der Waals surface area contributed by atoms with Gasteiger partial charge in [-0.25, -0.2) is 4.98 Å². The first-order valence-corrected chi connectivity index (χ1v) is 21.8. The summed E-state index contributed by atoms with van der Waals surface area (Å²) in [6, 6.07) is 0. The Balaban J connectivity index is 2.08. The normalized spacial score (nSPS) is 12.9. The summed E-state index contributed by atoms with van der Waals surface area (Å²) in [6.45, 7) is 9.98. The van der Waals surface area contributed by atoms with Gasteiger partial charge in [-0.2, -0.15) is 0 Å². The third-order valence-electron chi connectivity index (χ3n) is 9.46. The van der Waals surface area contributed by atoms with Gasteiger partial charge < -0.3 is 19.4 Å². The topological polar surface area (TPSA) is 48.3 Å². The van der Waals surface area contributed by atoms with Gasteiger partial charge in [-0.05, 0) is 103 Å². The molecular weight excluding hydrogens is 627 g/mol. The van der Waals surface area contributed by atoms with Crippen LogP contribution in [0.1, 0.15) is 181 Å². The minimum atomic E-state index is 0.189. The van der Waals surface area contributed by atoms with Crippen LogP contribution in [0.3, 0.4) is 0 Å². The van der Waals surface area contributed by atoms with Crippen molar-refractivity contribution in [2.75, 3.05) is 32.9 Å². The van der Waals surface area contributed by atoms with E-state index in [0.717, 1.165) is 78.0 Å². The largest absolute Gasteiger partial charge is 0.379 e. The monoisotopic (exact) mass is 710 g/mol. The number of hydrogen-bond donors (Lipinski definition) is 1. The van der Waals surface area contributed by atoms with Crippen LogP contribution >= 0.6 is 0 Å². The summed E-state index contributed by atoms with van der Waals surface area (Å²) >= 11 is 0. The summed E-state index contributed by atoms with van der Waals surface area (Å²) in [7, 11) is 0. The van der Waals surface area contributed by atoms with Crippen LogP contribution in [0.15, 0.2) is 67.3 Å². The molecule has 1 unspecified atom stereocenters. The summed E-state index contributed by atoms with van der Waals surface area (Å²) in [6.07, 6.45) is 57.5. The van der Waals surface area contributed by atoms with Gasteiger partial charge in [0.25, 0.3) is 0 Å². The standard InChI is InChI=1S/C46H83N3O2/c1-3-5-7-9-11-13-15-17-19-21-23-25-27-29-31-33-42-50-44-46(36-38-47-37-35-40-49-41-39-48-45-49)51-43-34-32-30-28-26-24-22-20-18-16-14-12-10-8-6-4-2/h11-14,17-20,39,41,45-47H,3-10,15-16,21-38,40,42-44H2,1-2H3/b13-11-,14-12-,19-17-,20-18-.